The lowest BCUT2D eigenvalue weighted by Crippen LogP contribution is -2.49. The van der Waals surface area contributed by atoms with Gasteiger partial charge in [-0.1, -0.05) is 13.0 Å². The normalized spacial score (nSPS) is 14.5. The molecule has 5 rings (SSSR count). The Morgan fingerprint density at radius 1 is 0.974 bits per heavy atom. The van der Waals surface area contributed by atoms with Gasteiger partial charge < -0.3 is 15.0 Å². The van der Waals surface area contributed by atoms with Gasteiger partial charge >= 0.3 is 0 Å². The van der Waals surface area contributed by atoms with Crippen LogP contribution in [0.2, 0.25) is 0 Å². The molecule has 0 atom stereocenters. The number of anilines is 1. The quantitative estimate of drug-likeness (QED) is 0.364. The number of nitrogens with one attached hydrogen (secondary N) is 1. The molecular formula is C30H34N6O2. The van der Waals surface area contributed by atoms with Crippen LogP contribution >= 0.6 is 0 Å². The number of piperazine rings is 1. The molecule has 1 saturated heterocycles. The molecule has 38 heavy (non-hydrogen) atoms. The molecule has 3 heterocycles. The third kappa shape index (κ3) is 6.33. The first-order valence-electron chi connectivity index (χ1n) is 13.2. The lowest BCUT2D eigenvalue weighted by Gasteiger charge is -2.34. The van der Waals surface area contributed by atoms with E-state index in [4.69, 9.17) is 9.72 Å². The summed E-state index contributed by atoms with van der Waals surface area (Å²) in [6.45, 7) is 7.09. The predicted octanol–water partition coefficient (Wildman–Crippen LogP) is 4.06. The second kappa shape index (κ2) is 12.1. The number of rotatable bonds is 9. The maximum Gasteiger partial charge on any atom is 0.238 e. The summed E-state index contributed by atoms with van der Waals surface area (Å²) < 4.78 is 5.46. The van der Waals surface area contributed by atoms with Gasteiger partial charge in [-0.2, -0.15) is 0 Å². The number of carbonyl (C=O) groups excluding carboxylic acids is 1. The van der Waals surface area contributed by atoms with Crippen LogP contribution in [0.5, 0.6) is 5.75 Å². The smallest absolute Gasteiger partial charge is 0.238 e. The van der Waals surface area contributed by atoms with Crippen molar-refractivity contribution in [2.75, 3.05) is 51.7 Å². The zero-order chi connectivity index (χ0) is 26.3. The summed E-state index contributed by atoms with van der Waals surface area (Å²) in [5, 5.41) is 5.13. The fourth-order valence-corrected chi connectivity index (χ4v) is 4.85. The van der Waals surface area contributed by atoms with Gasteiger partial charge in [-0.15, -0.1) is 0 Å². The molecule has 196 valence electrons. The molecule has 2 aromatic carbocycles. The number of methoxy groups -OCH3 is 1. The highest BCUT2D eigenvalue weighted by molar-refractivity contribution is 6.05. The fraction of sp³-hybridized carbons (Fsp3) is 0.333. The van der Waals surface area contributed by atoms with Crippen LogP contribution in [0.15, 0.2) is 67.1 Å². The number of hydrogen-bond donors (Lipinski definition) is 1. The molecule has 1 amide bonds. The minimum Gasteiger partial charge on any atom is -0.497 e. The molecule has 0 bridgehead atoms. The number of aryl methyl sites for hydroxylation is 1. The van der Waals surface area contributed by atoms with Crippen molar-refractivity contribution in [2.24, 2.45) is 0 Å². The molecule has 2 aromatic heterocycles. The minimum atomic E-state index is -0.0200. The molecule has 0 radical (unpaired) electrons. The second-order valence-corrected chi connectivity index (χ2v) is 9.59. The number of hydrogen-bond acceptors (Lipinski definition) is 7. The average Bonchev–Trinajstić information content (AvgIpc) is 2.97. The fourth-order valence-electron chi connectivity index (χ4n) is 4.85. The van der Waals surface area contributed by atoms with E-state index < -0.39 is 0 Å². The van der Waals surface area contributed by atoms with Gasteiger partial charge in [0.2, 0.25) is 5.91 Å². The third-order valence-electron chi connectivity index (χ3n) is 7.05. The molecule has 8 nitrogen and oxygen atoms in total. The van der Waals surface area contributed by atoms with Crippen LogP contribution in [0.25, 0.3) is 22.0 Å². The summed E-state index contributed by atoms with van der Waals surface area (Å²) in [5.41, 5.74) is 3.85. The first-order chi connectivity index (χ1) is 18.6. The molecule has 8 heteroatoms. The maximum absolute atomic E-state index is 13.2. The average molecular weight is 511 g/mol. The number of amides is 1. The topological polar surface area (TPSA) is 83.5 Å². The van der Waals surface area contributed by atoms with Crippen LogP contribution in [-0.2, 0) is 17.6 Å². The van der Waals surface area contributed by atoms with Gasteiger partial charge in [0.1, 0.15) is 11.6 Å². The number of carbonyl (C=O) groups is 1. The largest absolute Gasteiger partial charge is 0.497 e. The molecule has 0 aliphatic carbocycles. The van der Waals surface area contributed by atoms with Crippen molar-refractivity contribution in [2.45, 2.75) is 19.8 Å². The Bertz CT molecular complexity index is 1390. The Kier molecular flexibility index (Phi) is 8.21. The van der Waals surface area contributed by atoms with Crippen LogP contribution in [0.3, 0.4) is 0 Å². The van der Waals surface area contributed by atoms with Crippen molar-refractivity contribution in [3.05, 3.63) is 78.5 Å². The van der Waals surface area contributed by atoms with E-state index in [0.717, 1.165) is 84.9 Å². The summed E-state index contributed by atoms with van der Waals surface area (Å²) in [5.74, 6) is 1.52. The van der Waals surface area contributed by atoms with E-state index in [1.54, 1.807) is 13.3 Å². The molecule has 1 aliphatic heterocycles. The number of ether oxygens (including phenoxy) is 1. The van der Waals surface area contributed by atoms with Gasteiger partial charge in [-0.3, -0.25) is 14.7 Å². The number of aromatic nitrogens is 3. The number of benzene rings is 2. The highest BCUT2D eigenvalue weighted by Gasteiger charge is 2.20. The summed E-state index contributed by atoms with van der Waals surface area (Å²) in [7, 11) is 1.65. The van der Waals surface area contributed by atoms with E-state index >= 15 is 0 Å². The van der Waals surface area contributed by atoms with Gasteiger partial charge in [0.15, 0.2) is 0 Å². The minimum absolute atomic E-state index is 0.0200. The zero-order valence-electron chi connectivity index (χ0n) is 22.1. The lowest BCUT2D eigenvalue weighted by atomic mass is 10.0. The standard InChI is InChI=1S/C30H34N6O2/c1-3-29-32-12-8-27(33-29)24-18-23-4-5-25(38-2)20-26(23)28(19-24)34-30(37)21-36-16-14-35(15-17-36)13-9-22-6-10-31-11-7-22/h4-8,10-12,18-20H,3,9,13-17,21H2,1-2H3,(H,34,37). The van der Waals surface area contributed by atoms with E-state index in [-0.39, 0.29) is 5.91 Å². The van der Waals surface area contributed by atoms with Gasteiger partial charge in [-0.05, 0) is 59.8 Å². The first-order valence-corrected chi connectivity index (χ1v) is 13.2. The van der Waals surface area contributed by atoms with Crippen LogP contribution in [0.1, 0.15) is 18.3 Å². The van der Waals surface area contributed by atoms with Crippen LogP contribution < -0.4 is 10.1 Å². The number of nitrogens with zero attached hydrogens (tertiary/aromatic N) is 5. The number of fused-ring (bicyclic) bond motifs is 1. The maximum atomic E-state index is 13.2. The molecule has 0 unspecified atom stereocenters. The molecule has 0 saturated carbocycles. The molecule has 1 fully saturated rings. The summed E-state index contributed by atoms with van der Waals surface area (Å²) in [4.78, 5) is 31.0. The van der Waals surface area contributed by atoms with Gasteiger partial charge in [-0.25, -0.2) is 9.97 Å². The third-order valence-corrected chi connectivity index (χ3v) is 7.05. The lowest BCUT2D eigenvalue weighted by molar-refractivity contribution is -0.117. The van der Waals surface area contributed by atoms with Crippen molar-refractivity contribution >= 4 is 22.4 Å². The van der Waals surface area contributed by atoms with Crippen molar-refractivity contribution in [3.63, 3.8) is 0 Å². The van der Waals surface area contributed by atoms with Gasteiger partial charge in [0, 0.05) is 74.4 Å². The first kappa shape index (κ1) is 25.8. The molecular weight excluding hydrogens is 476 g/mol. The summed E-state index contributed by atoms with van der Waals surface area (Å²) in [6.07, 6.45) is 7.25. The van der Waals surface area contributed by atoms with E-state index in [1.165, 1.54) is 5.56 Å². The van der Waals surface area contributed by atoms with Crippen molar-refractivity contribution < 1.29 is 9.53 Å². The molecule has 0 spiro atoms. The Balaban J connectivity index is 1.26. The molecule has 1 aliphatic rings. The van der Waals surface area contributed by atoms with Gasteiger partial charge in [0.05, 0.1) is 19.3 Å². The van der Waals surface area contributed by atoms with E-state index in [0.29, 0.717) is 6.54 Å². The Morgan fingerprint density at radius 2 is 1.76 bits per heavy atom. The predicted molar refractivity (Wildman–Crippen MR) is 150 cm³/mol. The van der Waals surface area contributed by atoms with Crippen LogP contribution in [-0.4, -0.2) is 77.0 Å². The highest BCUT2D eigenvalue weighted by Crippen LogP contribution is 2.33. The summed E-state index contributed by atoms with van der Waals surface area (Å²) in [6, 6.07) is 16.1. The van der Waals surface area contributed by atoms with E-state index in [2.05, 4.69) is 43.3 Å². The zero-order valence-corrected chi connectivity index (χ0v) is 22.1. The van der Waals surface area contributed by atoms with E-state index in [1.807, 2.05) is 49.6 Å². The highest BCUT2D eigenvalue weighted by atomic mass is 16.5. The van der Waals surface area contributed by atoms with Crippen molar-refractivity contribution in [1.29, 1.82) is 0 Å². The Morgan fingerprint density at radius 3 is 2.53 bits per heavy atom. The summed E-state index contributed by atoms with van der Waals surface area (Å²) >= 11 is 0. The molecule has 4 aromatic rings. The monoisotopic (exact) mass is 510 g/mol. The molecule has 1 N–H and O–H groups in total. The van der Waals surface area contributed by atoms with Crippen molar-refractivity contribution in [1.82, 2.24) is 24.8 Å². The number of pyridine rings is 1. The SMILES string of the molecule is CCc1nccc(-c2cc(NC(=O)CN3CCN(CCc4ccncc4)CC3)c3cc(OC)ccc3c2)n1. The van der Waals surface area contributed by atoms with Gasteiger partial charge in [0.25, 0.3) is 0 Å². The second-order valence-electron chi connectivity index (χ2n) is 9.59. The van der Waals surface area contributed by atoms with Crippen molar-refractivity contribution in [3.8, 4) is 17.0 Å². The van der Waals surface area contributed by atoms with Crippen LogP contribution in [0.4, 0.5) is 5.69 Å². The van der Waals surface area contributed by atoms with Crippen LogP contribution in [0, 0.1) is 0 Å². The Labute approximate surface area is 223 Å². The van der Waals surface area contributed by atoms with E-state index in [9.17, 15) is 4.79 Å². The Hall–Kier alpha value is -3.88.